The summed E-state index contributed by atoms with van der Waals surface area (Å²) >= 11 is 0. The van der Waals surface area contributed by atoms with Gasteiger partial charge in [-0.2, -0.15) is 0 Å². The summed E-state index contributed by atoms with van der Waals surface area (Å²) in [6.45, 7) is 11.6. The van der Waals surface area contributed by atoms with Crippen LogP contribution in [0, 0.1) is 5.92 Å². The Bertz CT molecular complexity index is 349. The van der Waals surface area contributed by atoms with Crippen LogP contribution in [0.1, 0.15) is 33.6 Å². The third-order valence-electron chi connectivity index (χ3n) is 4.53. The van der Waals surface area contributed by atoms with Gasteiger partial charge in [0, 0.05) is 38.8 Å². The van der Waals surface area contributed by atoms with Crippen molar-refractivity contribution in [2.24, 2.45) is 5.92 Å². The van der Waals surface area contributed by atoms with Gasteiger partial charge in [0.2, 0.25) is 0 Å². The van der Waals surface area contributed by atoms with Crippen LogP contribution in [0.4, 0.5) is 0 Å². The standard InChI is InChI=1S/C16H31N3O2/c1-5-21-15(20)16(14-6-7-14,17-13(2)3)12-19-10-8-18(4)9-11-19/h13-14,17H,5-12H2,1-4H3. The van der Waals surface area contributed by atoms with E-state index in [9.17, 15) is 4.79 Å². The van der Waals surface area contributed by atoms with Crippen molar-refractivity contribution in [2.75, 3.05) is 46.4 Å². The first-order valence-electron chi connectivity index (χ1n) is 8.33. The van der Waals surface area contributed by atoms with Gasteiger partial charge in [0.05, 0.1) is 6.61 Å². The Morgan fingerprint density at radius 1 is 1.29 bits per heavy atom. The van der Waals surface area contributed by atoms with E-state index in [-0.39, 0.29) is 12.0 Å². The van der Waals surface area contributed by atoms with Crippen LogP contribution in [0.2, 0.25) is 0 Å². The highest BCUT2D eigenvalue weighted by molar-refractivity contribution is 5.82. The molecule has 2 rings (SSSR count). The molecular formula is C16H31N3O2. The van der Waals surface area contributed by atoms with Gasteiger partial charge in [-0.1, -0.05) is 0 Å². The summed E-state index contributed by atoms with van der Waals surface area (Å²) in [7, 11) is 2.16. The van der Waals surface area contributed by atoms with Gasteiger partial charge in [-0.25, -0.2) is 4.79 Å². The summed E-state index contributed by atoms with van der Waals surface area (Å²) in [5.41, 5.74) is -0.514. The van der Waals surface area contributed by atoms with Gasteiger partial charge in [-0.3, -0.25) is 10.2 Å². The second-order valence-electron chi connectivity index (χ2n) is 6.84. The molecule has 1 atom stereocenters. The molecule has 0 aromatic heterocycles. The van der Waals surface area contributed by atoms with Gasteiger partial charge in [-0.15, -0.1) is 0 Å². The molecule has 1 N–H and O–H groups in total. The number of likely N-dealkylation sites (N-methyl/N-ethyl adjacent to an activating group) is 1. The molecule has 1 saturated heterocycles. The van der Waals surface area contributed by atoms with Crippen molar-refractivity contribution >= 4 is 5.97 Å². The number of hydrogen-bond donors (Lipinski definition) is 1. The van der Waals surface area contributed by atoms with Crippen molar-refractivity contribution in [2.45, 2.75) is 45.2 Å². The monoisotopic (exact) mass is 297 g/mol. The summed E-state index contributed by atoms with van der Waals surface area (Å²) in [4.78, 5) is 17.5. The zero-order valence-electron chi connectivity index (χ0n) is 14.0. The number of piperazine rings is 1. The van der Waals surface area contributed by atoms with Crippen LogP contribution in [0.3, 0.4) is 0 Å². The lowest BCUT2D eigenvalue weighted by molar-refractivity contribution is -0.154. The topological polar surface area (TPSA) is 44.8 Å². The smallest absolute Gasteiger partial charge is 0.327 e. The van der Waals surface area contributed by atoms with E-state index in [0.717, 1.165) is 45.6 Å². The fourth-order valence-electron chi connectivity index (χ4n) is 3.29. The van der Waals surface area contributed by atoms with E-state index in [2.05, 4.69) is 36.0 Å². The average molecular weight is 297 g/mol. The largest absolute Gasteiger partial charge is 0.465 e. The van der Waals surface area contributed by atoms with Gasteiger partial charge in [0.1, 0.15) is 5.54 Å². The third kappa shape index (κ3) is 4.18. The van der Waals surface area contributed by atoms with E-state index in [0.29, 0.717) is 12.5 Å². The predicted molar refractivity (Wildman–Crippen MR) is 84.3 cm³/mol. The normalized spacial score (nSPS) is 24.0. The number of rotatable bonds is 7. The van der Waals surface area contributed by atoms with E-state index >= 15 is 0 Å². The fourth-order valence-corrected chi connectivity index (χ4v) is 3.29. The number of nitrogens with one attached hydrogen (secondary N) is 1. The molecule has 1 aliphatic heterocycles. The van der Waals surface area contributed by atoms with Gasteiger partial charge in [-0.05, 0) is 46.6 Å². The molecule has 0 spiro atoms. The lowest BCUT2D eigenvalue weighted by Crippen LogP contribution is -2.64. The minimum Gasteiger partial charge on any atom is -0.465 e. The van der Waals surface area contributed by atoms with Gasteiger partial charge in [0.25, 0.3) is 0 Å². The van der Waals surface area contributed by atoms with E-state index < -0.39 is 5.54 Å². The van der Waals surface area contributed by atoms with E-state index in [1.165, 1.54) is 0 Å². The van der Waals surface area contributed by atoms with Crippen molar-refractivity contribution in [3.63, 3.8) is 0 Å². The van der Waals surface area contributed by atoms with Crippen molar-refractivity contribution in [1.29, 1.82) is 0 Å². The fraction of sp³-hybridized carbons (Fsp3) is 0.938. The molecule has 0 aromatic rings. The zero-order chi connectivity index (χ0) is 15.5. The van der Waals surface area contributed by atoms with Crippen LogP contribution in [-0.2, 0) is 9.53 Å². The number of carbonyl (C=O) groups is 1. The van der Waals surface area contributed by atoms with E-state index in [1.54, 1.807) is 0 Å². The minimum absolute atomic E-state index is 0.0554. The molecule has 2 fully saturated rings. The number of nitrogens with zero attached hydrogens (tertiary/aromatic N) is 2. The minimum atomic E-state index is -0.514. The predicted octanol–water partition coefficient (Wildman–Crippen LogP) is 0.944. The Kier molecular flexibility index (Phi) is 5.63. The quantitative estimate of drug-likeness (QED) is 0.709. The SMILES string of the molecule is CCOC(=O)C(CN1CCN(C)CC1)(NC(C)C)C1CC1. The first-order valence-corrected chi connectivity index (χ1v) is 8.33. The molecule has 21 heavy (non-hydrogen) atoms. The molecule has 0 radical (unpaired) electrons. The number of hydrogen-bond acceptors (Lipinski definition) is 5. The second-order valence-corrected chi connectivity index (χ2v) is 6.84. The zero-order valence-corrected chi connectivity index (χ0v) is 14.0. The van der Waals surface area contributed by atoms with Crippen LogP contribution in [0.15, 0.2) is 0 Å². The average Bonchev–Trinajstić information content (AvgIpc) is 3.25. The maximum atomic E-state index is 12.7. The molecule has 1 aliphatic carbocycles. The molecular weight excluding hydrogens is 266 g/mol. The number of esters is 1. The lowest BCUT2D eigenvalue weighted by atomic mass is 9.90. The van der Waals surface area contributed by atoms with Gasteiger partial charge >= 0.3 is 5.97 Å². The number of ether oxygens (including phenoxy) is 1. The van der Waals surface area contributed by atoms with Crippen LogP contribution < -0.4 is 5.32 Å². The van der Waals surface area contributed by atoms with E-state index in [4.69, 9.17) is 4.74 Å². The van der Waals surface area contributed by atoms with Crippen molar-refractivity contribution in [3.05, 3.63) is 0 Å². The van der Waals surface area contributed by atoms with Gasteiger partial charge in [0.15, 0.2) is 0 Å². The van der Waals surface area contributed by atoms with Crippen LogP contribution in [0.25, 0.3) is 0 Å². The molecule has 0 amide bonds. The molecule has 122 valence electrons. The molecule has 5 nitrogen and oxygen atoms in total. The third-order valence-corrected chi connectivity index (χ3v) is 4.53. The van der Waals surface area contributed by atoms with E-state index in [1.807, 2.05) is 6.92 Å². The molecule has 1 unspecified atom stereocenters. The summed E-state index contributed by atoms with van der Waals surface area (Å²) in [6.07, 6.45) is 2.26. The summed E-state index contributed by atoms with van der Waals surface area (Å²) in [5.74, 6) is 0.374. The Labute approximate surface area is 129 Å². The first-order chi connectivity index (χ1) is 9.98. The molecule has 0 bridgehead atoms. The Morgan fingerprint density at radius 3 is 2.38 bits per heavy atom. The van der Waals surface area contributed by atoms with Crippen LogP contribution >= 0.6 is 0 Å². The van der Waals surface area contributed by atoms with Crippen molar-refractivity contribution in [1.82, 2.24) is 15.1 Å². The summed E-state index contributed by atoms with van der Waals surface area (Å²) in [6, 6.07) is 0.280. The first kappa shape index (κ1) is 16.7. The molecule has 0 aromatic carbocycles. The lowest BCUT2D eigenvalue weighted by Gasteiger charge is -2.41. The Hall–Kier alpha value is -0.650. The van der Waals surface area contributed by atoms with Crippen LogP contribution in [-0.4, -0.2) is 73.7 Å². The maximum absolute atomic E-state index is 12.7. The Balaban J connectivity index is 2.11. The molecule has 5 heteroatoms. The highest BCUT2D eigenvalue weighted by Gasteiger charge is 2.53. The highest BCUT2D eigenvalue weighted by atomic mass is 16.5. The molecule has 1 saturated carbocycles. The van der Waals surface area contributed by atoms with Gasteiger partial charge < -0.3 is 9.64 Å². The van der Waals surface area contributed by atoms with Crippen molar-refractivity contribution in [3.8, 4) is 0 Å². The molecule has 1 heterocycles. The van der Waals surface area contributed by atoms with Crippen LogP contribution in [0.5, 0.6) is 0 Å². The summed E-state index contributed by atoms with van der Waals surface area (Å²) < 4.78 is 5.43. The Morgan fingerprint density at radius 2 is 1.90 bits per heavy atom. The summed E-state index contributed by atoms with van der Waals surface area (Å²) in [5, 5.41) is 3.57. The second kappa shape index (κ2) is 7.07. The molecule has 2 aliphatic rings. The van der Waals surface area contributed by atoms with Crippen molar-refractivity contribution < 1.29 is 9.53 Å². The number of carbonyl (C=O) groups excluding carboxylic acids is 1. The highest BCUT2D eigenvalue weighted by Crippen LogP contribution is 2.41. The maximum Gasteiger partial charge on any atom is 0.327 e.